The molecule has 2 aliphatic heterocycles. The fourth-order valence-corrected chi connectivity index (χ4v) is 4.87. The summed E-state index contributed by atoms with van der Waals surface area (Å²) >= 11 is 0. The van der Waals surface area contributed by atoms with Gasteiger partial charge in [0.15, 0.2) is 0 Å². The summed E-state index contributed by atoms with van der Waals surface area (Å²) in [6.07, 6.45) is 0. The number of amides is 1. The van der Waals surface area contributed by atoms with E-state index >= 15 is 0 Å². The highest BCUT2D eigenvalue weighted by Crippen LogP contribution is 2.29. The van der Waals surface area contributed by atoms with Crippen LogP contribution in [0.25, 0.3) is 22.2 Å². The Kier molecular flexibility index (Phi) is 5.94. The highest BCUT2D eigenvalue weighted by molar-refractivity contribution is 6.01. The number of piperazine rings is 1. The molecule has 7 heteroatoms. The van der Waals surface area contributed by atoms with Crippen molar-refractivity contribution in [1.82, 2.24) is 20.4 Å². The topological polar surface area (TPSA) is 73.5 Å². The first-order valence-corrected chi connectivity index (χ1v) is 12.2. The third-order valence-electron chi connectivity index (χ3n) is 7.08. The lowest BCUT2D eigenvalue weighted by Crippen LogP contribution is -2.56. The molecule has 0 atom stereocenters. The van der Waals surface area contributed by atoms with E-state index in [1.807, 2.05) is 48.5 Å². The first kappa shape index (κ1) is 21.8. The number of aromatic amines is 1. The molecule has 4 aromatic rings. The lowest BCUT2D eigenvalue weighted by atomic mass is 10.0. The average molecular weight is 468 g/mol. The Labute approximate surface area is 204 Å². The second-order valence-electron chi connectivity index (χ2n) is 9.26. The number of rotatable bonds is 6. The molecule has 0 radical (unpaired) electrons. The highest BCUT2D eigenvalue weighted by atomic mass is 16.5. The molecule has 3 aromatic carbocycles. The minimum atomic E-state index is -0.0918. The Morgan fingerprint density at radius 2 is 1.74 bits per heavy atom. The van der Waals surface area contributed by atoms with Gasteiger partial charge in [0.2, 0.25) is 0 Å². The third kappa shape index (κ3) is 4.52. The van der Waals surface area contributed by atoms with Crippen molar-refractivity contribution in [2.24, 2.45) is 0 Å². The van der Waals surface area contributed by atoms with Crippen molar-refractivity contribution >= 4 is 22.5 Å². The van der Waals surface area contributed by atoms with Crippen LogP contribution in [0.3, 0.4) is 0 Å². The number of ether oxygens (including phenoxy) is 1. The molecule has 0 bridgehead atoms. The lowest BCUT2D eigenvalue weighted by Gasteiger charge is -2.43. The van der Waals surface area contributed by atoms with Crippen LogP contribution in [0.5, 0.6) is 0 Å². The molecular weight excluding hydrogens is 438 g/mol. The number of carbonyl (C=O) groups excluding carboxylic acids is 1. The van der Waals surface area contributed by atoms with Crippen molar-refractivity contribution in [2.75, 3.05) is 44.3 Å². The fraction of sp³-hybridized carbons (Fsp3) is 0.286. The van der Waals surface area contributed by atoms with Crippen LogP contribution < -0.4 is 10.2 Å². The summed E-state index contributed by atoms with van der Waals surface area (Å²) in [5.41, 5.74) is 5.75. The monoisotopic (exact) mass is 467 g/mol. The van der Waals surface area contributed by atoms with Gasteiger partial charge in [-0.05, 0) is 35.9 Å². The number of H-pyrrole nitrogens is 1. The van der Waals surface area contributed by atoms with Gasteiger partial charge in [-0.25, -0.2) is 0 Å². The van der Waals surface area contributed by atoms with Gasteiger partial charge in [-0.1, -0.05) is 42.5 Å². The Balaban J connectivity index is 1.16. The van der Waals surface area contributed by atoms with Gasteiger partial charge in [0.25, 0.3) is 5.91 Å². The molecule has 0 aliphatic carbocycles. The van der Waals surface area contributed by atoms with Crippen LogP contribution in [0.2, 0.25) is 0 Å². The summed E-state index contributed by atoms with van der Waals surface area (Å²) < 4.78 is 5.34. The summed E-state index contributed by atoms with van der Waals surface area (Å²) in [6, 6.07) is 24.8. The maximum absolute atomic E-state index is 12.8. The standard InChI is InChI=1S/C28H29N5O2/c34-28(29-17-20-4-2-1-3-5-20)22-8-11-26-25(16-22)27(31-30-26)21-6-9-23(10-7-21)32-12-14-33(15-13-32)24-18-35-19-24/h1-11,16,24H,12-15,17-19H2,(H,29,34)(H,30,31). The maximum Gasteiger partial charge on any atom is 0.251 e. The third-order valence-corrected chi connectivity index (χ3v) is 7.08. The molecule has 2 aliphatic rings. The number of carbonyl (C=O) groups is 1. The predicted octanol–water partition coefficient (Wildman–Crippen LogP) is 3.68. The number of hydrogen-bond acceptors (Lipinski definition) is 5. The first-order valence-electron chi connectivity index (χ1n) is 12.2. The zero-order valence-corrected chi connectivity index (χ0v) is 19.6. The molecule has 1 aromatic heterocycles. The zero-order valence-electron chi connectivity index (χ0n) is 19.6. The van der Waals surface area contributed by atoms with Crippen molar-refractivity contribution in [3.63, 3.8) is 0 Å². The van der Waals surface area contributed by atoms with Crippen molar-refractivity contribution < 1.29 is 9.53 Å². The number of benzene rings is 3. The molecule has 6 rings (SSSR count). The molecule has 0 unspecified atom stereocenters. The summed E-state index contributed by atoms with van der Waals surface area (Å²) in [4.78, 5) is 17.8. The number of fused-ring (bicyclic) bond motifs is 1. The van der Waals surface area contributed by atoms with E-state index in [0.29, 0.717) is 18.2 Å². The predicted molar refractivity (Wildman–Crippen MR) is 138 cm³/mol. The molecular formula is C28H29N5O2. The number of anilines is 1. The average Bonchev–Trinajstić information content (AvgIpc) is 3.31. The summed E-state index contributed by atoms with van der Waals surface area (Å²) in [6.45, 7) is 6.47. The molecule has 2 N–H and O–H groups in total. The van der Waals surface area contributed by atoms with Crippen molar-refractivity contribution in [1.29, 1.82) is 0 Å². The van der Waals surface area contributed by atoms with Crippen LogP contribution in [0.15, 0.2) is 72.8 Å². The largest absolute Gasteiger partial charge is 0.378 e. The Morgan fingerprint density at radius 3 is 2.46 bits per heavy atom. The van der Waals surface area contributed by atoms with E-state index in [-0.39, 0.29) is 5.91 Å². The molecule has 7 nitrogen and oxygen atoms in total. The molecule has 178 valence electrons. The van der Waals surface area contributed by atoms with Crippen LogP contribution in [0.4, 0.5) is 5.69 Å². The zero-order chi connectivity index (χ0) is 23.6. The Bertz CT molecular complexity index is 1310. The van der Waals surface area contributed by atoms with Crippen molar-refractivity contribution in [2.45, 2.75) is 12.6 Å². The molecule has 1 amide bonds. The van der Waals surface area contributed by atoms with E-state index in [0.717, 1.165) is 67.1 Å². The maximum atomic E-state index is 12.8. The molecule has 35 heavy (non-hydrogen) atoms. The molecule has 2 fully saturated rings. The Morgan fingerprint density at radius 1 is 0.971 bits per heavy atom. The van der Waals surface area contributed by atoms with Crippen LogP contribution in [-0.4, -0.2) is 66.4 Å². The fourth-order valence-electron chi connectivity index (χ4n) is 4.87. The summed E-state index contributed by atoms with van der Waals surface area (Å²) in [7, 11) is 0. The van der Waals surface area contributed by atoms with Gasteiger partial charge < -0.3 is 15.0 Å². The van der Waals surface area contributed by atoms with Gasteiger partial charge in [0.1, 0.15) is 0 Å². The van der Waals surface area contributed by atoms with Crippen LogP contribution in [-0.2, 0) is 11.3 Å². The SMILES string of the molecule is O=C(NCc1ccccc1)c1ccc2[nH]nc(-c3ccc(N4CCN(C5COC5)CC4)cc3)c2c1. The Hall–Kier alpha value is -3.68. The second-order valence-corrected chi connectivity index (χ2v) is 9.26. The highest BCUT2D eigenvalue weighted by Gasteiger charge is 2.28. The lowest BCUT2D eigenvalue weighted by molar-refractivity contribution is -0.0660. The van der Waals surface area contributed by atoms with Gasteiger partial charge in [-0.3, -0.25) is 14.8 Å². The van der Waals surface area contributed by atoms with Gasteiger partial charge >= 0.3 is 0 Å². The first-order chi connectivity index (χ1) is 17.2. The molecule has 0 saturated carbocycles. The van der Waals surface area contributed by atoms with Gasteiger partial charge in [0.05, 0.1) is 30.5 Å². The minimum Gasteiger partial charge on any atom is -0.378 e. The van der Waals surface area contributed by atoms with E-state index < -0.39 is 0 Å². The van der Waals surface area contributed by atoms with E-state index in [4.69, 9.17) is 4.74 Å². The van der Waals surface area contributed by atoms with Crippen molar-refractivity contribution in [3.05, 3.63) is 83.9 Å². The van der Waals surface area contributed by atoms with E-state index in [1.54, 1.807) is 0 Å². The summed E-state index contributed by atoms with van der Waals surface area (Å²) in [5.74, 6) is -0.0918. The van der Waals surface area contributed by atoms with Gasteiger partial charge in [-0.15, -0.1) is 0 Å². The van der Waals surface area contributed by atoms with E-state index in [9.17, 15) is 4.79 Å². The van der Waals surface area contributed by atoms with Crippen molar-refractivity contribution in [3.8, 4) is 11.3 Å². The smallest absolute Gasteiger partial charge is 0.251 e. The van der Waals surface area contributed by atoms with Crippen LogP contribution >= 0.6 is 0 Å². The molecule has 2 saturated heterocycles. The quantitative estimate of drug-likeness (QED) is 0.453. The van der Waals surface area contributed by atoms with E-state index in [1.165, 1.54) is 5.69 Å². The normalized spacial score (nSPS) is 16.9. The molecule has 0 spiro atoms. The molecule has 3 heterocycles. The van der Waals surface area contributed by atoms with E-state index in [2.05, 4.69) is 49.6 Å². The van der Waals surface area contributed by atoms with Crippen LogP contribution in [0, 0.1) is 0 Å². The number of nitrogens with zero attached hydrogens (tertiary/aromatic N) is 3. The van der Waals surface area contributed by atoms with Gasteiger partial charge in [-0.2, -0.15) is 5.10 Å². The van der Waals surface area contributed by atoms with Crippen LogP contribution in [0.1, 0.15) is 15.9 Å². The number of aromatic nitrogens is 2. The second kappa shape index (κ2) is 9.52. The minimum absolute atomic E-state index is 0.0918. The number of hydrogen-bond donors (Lipinski definition) is 2. The van der Waals surface area contributed by atoms with Gasteiger partial charge in [0, 0.05) is 54.9 Å². The summed E-state index contributed by atoms with van der Waals surface area (Å²) in [5, 5.41) is 11.6. The number of nitrogens with one attached hydrogen (secondary N) is 2.